The van der Waals surface area contributed by atoms with Crippen molar-refractivity contribution in [2.24, 2.45) is 0 Å². The number of aryl methyl sites for hydroxylation is 1. The van der Waals surface area contributed by atoms with Crippen LogP contribution in [0.2, 0.25) is 0 Å². The fourth-order valence-corrected chi connectivity index (χ4v) is 4.18. The monoisotopic (exact) mass is 336 g/mol. The molecule has 0 heterocycles. The summed E-state index contributed by atoms with van der Waals surface area (Å²) in [5, 5.41) is -0.372. The van der Waals surface area contributed by atoms with E-state index < -0.39 is 15.3 Å². The molecule has 0 fully saturated rings. The van der Waals surface area contributed by atoms with Crippen LogP contribution < -0.4 is 0 Å². The molecule has 0 unspecified atom stereocenters. The Hall–Kier alpha value is -0.250. The van der Waals surface area contributed by atoms with Crippen molar-refractivity contribution >= 4 is 33.0 Å². The van der Waals surface area contributed by atoms with Crippen LogP contribution in [-0.2, 0) is 15.3 Å². The lowest BCUT2D eigenvalue weighted by atomic mass is 9.79. The van der Waals surface area contributed by atoms with Crippen molar-refractivity contribution in [3.05, 3.63) is 35.4 Å². The maximum Gasteiger partial charge on any atom is 0.152 e. The zero-order chi connectivity index (χ0) is 15.4. The van der Waals surface area contributed by atoms with Gasteiger partial charge < -0.3 is 0 Å². The molecule has 0 aliphatic carbocycles. The highest BCUT2D eigenvalue weighted by Gasteiger charge is 2.34. The Morgan fingerprint density at radius 3 is 2.15 bits per heavy atom. The van der Waals surface area contributed by atoms with E-state index in [0.717, 1.165) is 11.1 Å². The summed E-state index contributed by atoms with van der Waals surface area (Å²) in [5.74, 6) is 0.738. The van der Waals surface area contributed by atoms with Crippen LogP contribution in [0.1, 0.15) is 31.4 Å². The Morgan fingerprint density at radius 2 is 1.70 bits per heavy atom. The van der Waals surface area contributed by atoms with Crippen molar-refractivity contribution in [3.8, 4) is 0 Å². The van der Waals surface area contributed by atoms with Gasteiger partial charge in [0.05, 0.1) is 11.0 Å². The van der Waals surface area contributed by atoms with E-state index in [1.165, 1.54) is 0 Å². The second kappa shape index (κ2) is 7.15. The number of halogens is 2. The van der Waals surface area contributed by atoms with Crippen LogP contribution in [0.4, 0.5) is 0 Å². The van der Waals surface area contributed by atoms with Gasteiger partial charge in [-0.15, -0.1) is 23.2 Å². The molecule has 1 rings (SSSR count). The van der Waals surface area contributed by atoms with Crippen LogP contribution in [0.25, 0.3) is 0 Å². The van der Waals surface area contributed by atoms with Gasteiger partial charge in [0.1, 0.15) is 0 Å². The Bertz CT molecular complexity index is 535. The van der Waals surface area contributed by atoms with Crippen LogP contribution in [0.3, 0.4) is 0 Å². The lowest BCUT2D eigenvalue weighted by Crippen LogP contribution is -2.35. The molecule has 0 amide bonds. The molecule has 0 aliphatic rings. The number of benzene rings is 1. The summed E-state index contributed by atoms with van der Waals surface area (Å²) in [6, 6.07) is 7.88. The fraction of sp³-hybridized carbons (Fsp3) is 0.600. The van der Waals surface area contributed by atoms with Gasteiger partial charge in [0.25, 0.3) is 0 Å². The van der Waals surface area contributed by atoms with Gasteiger partial charge in [-0.3, -0.25) is 0 Å². The number of alkyl halides is 2. The topological polar surface area (TPSA) is 34.1 Å². The van der Waals surface area contributed by atoms with E-state index >= 15 is 0 Å². The number of sulfone groups is 1. The van der Waals surface area contributed by atoms with Crippen molar-refractivity contribution in [2.75, 3.05) is 17.5 Å². The van der Waals surface area contributed by atoms with Gasteiger partial charge in [0.2, 0.25) is 0 Å². The van der Waals surface area contributed by atoms with Crippen LogP contribution in [-0.4, -0.2) is 31.2 Å². The summed E-state index contributed by atoms with van der Waals surface area (Å²) < 4.78 is 24.1. The third-order valence-corrected chi connectivity index (χ3v) is 7.04. The van der Waals surface area contributed by atoms with Gasteiger partial charge in [0, 0.05) is 17.2 Å². The molecule has 0 aromatic heterocycles. The molecular weight excluding hydrogens is 315 g/mol. The molecule has 20 heavy (non-hydrogen) atoms. The number of hydrogen-bond acceptors (Lipinski definition) is 2. The lowest BCUT2D eigenvalue weighted by Gasteiger charge is -2.32. The minimum atomic E-state index is -3.09. The minimum absolute atomic E-state index is 0.110. The zero-order valence-corrected chi connectivity index (χ0v) is 14.5. The largest absolute Gasteiger partial charge is 0.229 e. The van der Waals surface area contributed by atoms with E-state index in [1.54, 1.807) is 13.8 Å². The molecule has 0 saturated heterocycles. The van der Waals surface area contributed by atoms with E-state index in [2.05, 4.69) is 0 Å². The first kappa shape index (κ1) is 17.8. The Kier molecular flexibility index (Phi) is 6.36. The molecule has 1 aromatic carbocycles. The molecular formula is C15H22Cl2O2S. The second-order valence-corrected chi connectivity index (χ2v) is 8.74. The SMILES string of the molecule is Cc1ccccc1C(CCl)(CCl)CCS(=O)(=O)C(C)C. The first-order valence-electron chi connectivity index (χ1n) is 6.68. The van der Waals surface area contributed by atoms with Crippen LogP contribution in [0.5, 0.6) is 0 Å². The predicted octanol–water partition coefficient (Wildman–Crippen LogP) is 3.92. The Morgan fingerprint density at radius 1 is 1.15 bits per heavy atom. The van der Waals surface area contributed by atoms with E-state index in [4.69, 9.17) is 23.2 Å². The van der Waals surface area contributed by atoms with Gasteiger partial charge in [-0.1, -0.05) is 24.3 Å². The van der Waals surface area contributed by atoms with Crippen LogP contribution >= 0.6 is 23.2 Å². The Balaban J connectivity index is 3.09. The maximum atomic E-state index is 12.0. The molecule has 114 valence electrons. The molecule has 0 atom stereocenters. The Labute approximate surface area is 132 Å². The molecule has 5 heteroatoms. The van der Waals surface area contributed by atoms with Gasteiger partial charge in [0.15, 0.2) is 9.84 Å². The van der Waals surface area contributed by atoms with Crippen molar-refractivity contribution in [1.82, 2.24) is 0 Å². The molecule has 0 N–H and O–H groups in total. The molecule has 0 saturated carbocycles. The fourth-order valence-electron chi connectivity index (χ4n) is 2.19. The van der Waals surface area contributed by atoms with Crippen molar-refractivity contribution in [1.29, 1.82) is 0 Å². The average molecular weight is 337 g/mol. The van der Waals surface area contributed by atoms with E-state index in [0.29, 0.717) is 18.2 Å². The zero-order valence-electron chi connectivity index (χ0n) is 12.2. The summed E-state index contributed by atoms with van der Waals surface area (Å²) >= 11 is 12.3. The third-order valence-electron chi connectivity index (χ3n) is 3.81. The number of hydrogen-bond donors (Lipinski definition) is 0. The standard InChI is InChI=1S/C15H22Cl2O2S/c1-12(2)20(18,19)9-8-15(10-16,11-17)14-7-5-4-6-13(14)3/h4-7,12H,8-11H2,1-3H3. The molecule has 0 radical (unpaired) electrons. The normalized spacial score (nSPS) is 12.9. The second-order valence-electron chi connectivity index (χ2n) is 5.53. The molecule has 0 bridgehead atoms. The smallest absolute Gasteiger partial charge is 0.152 e. The summed E-state index contributed by atoms with van der Waals surface area (Å²) in [6.07, 6.45) is 0.450. The molecule has 0 spiro atoms. The van der Waals surface area contributed by atoms with Crippen LogP contribution in [0.15, 0.2) is 24.3 Å². The molecule has 0 aliphatic heterocycles. The van der Waals surface area contributed by atoms with E-state index in [9.17, 15) is 8.42 Å². The first-order chi connectivity index (χ1) is 9.29. The van der Waals surface area contributed by atoms with Gasteiger partial charge in [-0.2, -0.15) is 0 Å². The summed E-state index contributed by atoms with van der Waals surface area (Å²) in [6.45, 7) is 5.40. The predicted molar refractivity (Wildman–Crippen MR) is 87.8 cm³/mol. The van der Waals surface area contributed by atoms with Gasteiger partial charge >= 0.3 is 0 Å². The lowest BCUT2D eigenvalue weighted by molar-refractivity contribution is 0.507. The summed E-state index contributed by atoms with van der Waals surface area (Å²) in [7, 11) is -3.09. The molecule has 1 aromatic rings. The van der Waals surface area contributed by atoms with Gasteiger partial charge in [-0.05, 0) is 38.3 Å². The van der Waals surface area contributed by atoms with Gasteiger partial charge in [-0.25, -0.2) is 8.42 Å². The first-order valence-corrected chi connectivity index (χ1v) is 9.47. The van der Waals surface area contributed by atoms with Crippen molar-refractivity contribution in [3.63, 3.8) is 0 Å². The quantitative estimate of drug-likeness (QED) is 0.707. The molecule has 2 nitrogen and oxygen atoms in total. The third kappa shape index (κ3) is 3.90. The average Bonchev–Trinajstić information content (AvgIpc) is 2.42. The highest BCUT2D eigenvalue weighted by molar-refractivity contribution is 7.91. The van der Waals surface area contributed by atoms with E-state index in [-0.39, 0.29) is 11.0 Å². The summed E-state index contributed by atoms with van der Waals surface area (Å²) in [4.78, 5) is 0. The van der Waals surface area contributed by atoms with Crippen molar-refractivity contribution < 1.29 is 8.42 Å². The minimum Gasteiger partial charge on any atom is -0.229 e. The maximum absolute atomic E-state index is 12.0. The summed E-state index contributed by atoms with van der Waals surface area (Å²) in [5.41, 5.74) is 1.65. The van der Waals surface area contributed by atoms with Crippen LogP contribution in [0, 0.1) is 6.92 Å². The van der Waals surface area contributed by atoms with E-state index in [1.807, 2.05) is 31.2 Å². The number of rotatable bonds is 7. The van der Waals surface area contributed by atoms with Crippen molar-refractivity contribution in [2.45, 2.75) is 37.9 Å². The highest BCUT2D eigenvalue weighted by Crippen LogP contribution is 2.34. The highest BCUT2D eigenvalue weighted by atomic mass is 35.5.